The van der Waals surface area contributed by atoms with Gasteiger partial charge in [-0.05, 0) is 31.9 Å². The molecule has 1 saturated heterocycles. The summed E-state index contributed by atoms with van der Waals surface area (Å²) in [6, 6.07) is 5.65. The zero-order valence-electron chi connectivity index (χ0n) is 12.9. The second-order valence-electron chi connectivity index (χ2n) is 5.80. The highest BCUT2D eigenvalue weighted by Gasteiger charge is 2.34. The van der Waals surface area contributed by atoms with Crippen LogP contribution >= 0.6 is 0 Å². The Morgan fingerprint density at radius 1 is 1.45 bits per heavy atom. The van der Waals surface area contributed by atoms with Crippen molar-refractivity contribution in [3.63, 3.8) is 0 Å². The Bertz CT molecular complexity index is 466. The van der Waals surface area contributed by atoms with Crippen molar-refractivity contribution in [3.8, 4) is 5.75 Å². The van der Waals surface area contributed by atoms with Crippen LogP contribution in [0.4, 0.5) is 10.1 Å². The molecule has 1 fully saturated rings. The van der Waals surface area contributed by atoms with E-state index in [1.165, 1.54) is 7.11 Å². The third-order valence-corrected chi connectivity index (χ3v) is 4.44. The third kappa shape index (κ3) is 2.90. The van der Waals surface area contributed by atoms with E-state index in [-0.39, 0.29) is 11.4 Å². The van der Waals surface area contributed by atoms with E-state index in [9.17, 15) is 4.39 Å². The van der Waals surface area contributed by atoms with Crippen LogP contribution < -0.4 is 15.0 Å². The fraction of sp³-hybridized carbons (Fsp3) is 0.625. The normalized spacial score (nSPS) is 26.6. The van der Waals surface area contributed by atoms with Gasteiger partial charge in [0.2, 0.25) is 0 Å². The first-order valence-electron chi connectivity index (χ1n) is 7.38. The van der Waals surface area contributed by atoms with E-state index in [0.29, 0.717) is 11.8 Å². The molecule has 0 bridgehead atoms. The zero-order valence-corrected chi connectivity index (χ0v) is 12.9. The Morgan fingerprint density at radius 2 is 2.20 bits per heavy atom. The Morgan fingerprint density at radius 3 is 2.75 bits per heavy atom. The number of nitrogens with zero attached hydrogens (tertiary/aromatic N) is 1. The number of halogens is 1. The molecular formula is C16H25FN2O. The van der Waals surface area contributed by atoms with Gasteiger partial charge in [-0.1, -0.05) is 13.8 Å². The summed E-state index contributed by atoms with van der Waals surface area (Å²) in [6.07, 6.45) is 2.10. The molecule has 0 aromatic heterocycles. The van der Waals surface area contributed by atoms with E-state index in [2.05, 4.69) is 31.0 Å². The molecule has 112 valence electrons. The van der Waals surface area contributed by atoms with Crippen LogP contribution in [-0.2, 0) is 0 Å². The van der Waals surface area contributed by atoms with Crippen molar-refractivity contribution in [2.24, 2.45) is 0 Å². The van der Waals surface area contributed by atoms with Gasteiger partial charge in [0, 0.05) is 36.4 Å². The van der Waals surface area contributed by atoms with Crippen molar-refractivity contribution in [2.45, 2.75) is 45.2 Å². The fourth-order valence-electron chi connectivity index (χ4n) is 2.77. The van der Waals surface area contributed by atoms with Crippen LogP contribution in [0.3, 0.4) is 0 Å². The molecule has 2 unspecified atom stereocenters. The predicted octanol–water partition coefficient (Wildman–Crippen LogP) is 3.19. The lowest BCUT2D eigenvalue weighted by Crippen LogP contribution is -2.62. The van der Waals surface area contributed by atoms with Gasteiger partial charge < -0.3 is 15.0 Å². The number of piperazine rings is 1. The van der Waals surface area contributed by atoms with E-state index >= 15 is 0 Å². The number of benzene rings is 1. The summed E-state index contributed by atoms with van der Waals surface area (Å²) >= 11 is 0. The lowest BCUT2D eigenvalue weighted by Gasteiger charge is -2.47. The minimum Gasteiger partial charge on any atom is -0.494 e. The quantitative estimate of drug-likeness (QED) is 0.916. The average molecular weight is 280 g/mol. The first kappa shape index (κ1) is 15.1. The average Bonchev–Trinajstić information content (AvgIpc) is 2.47. The van der Waals surface area contributed by atoms with Gasteiger partial charge >= 0.3 is 0 Å². The summed E-state index contributed by atoms with van der Waals surface area (Å²) in [4.78, 5) is 2.32. The van der Waals surface area contributed by atoms with Crippen LogP contribution in [0.15, 0.2) is 18.2 Å². The SMILES string of the molecule is CCC1CNC(C)(CC)CN1c1ccc(OC)c(F)c1. The van der Waals surface area contributed by atoms with Crippen LogP contribution in [0.1, 0.15) is 33.6 Å². The van der Waals surface area contributed by atoms with Crippen LogP contribution in [0.2, 0.25) is 0 Å². The highest BCUT2D eigenvalue weighted by Crippen LogP contribution is 2.29. The molecule has 2 atom stereocenters. The van der Waals surface area contributed by atoms with Gasteiger partial charge in [0.1, 0.15) is 0 Å². The molecule has 0 spiro atoms. The van der Waals surface area contributed by atoms with Crippen molar-refractivity contribution >= 4 is 5.69 Å². The number of nitrogens with one attached hydrogen (secondary N) is 1. The summed E-state index contributed by atoms with van der Waals surface area (Å²) in [6.45, 7) is 8.42. The number of hydrogen-bond acceptors (Lipinski definition) is 3. The Balaban J connectivity index is 2.29. The van der Waals surface area contributed by atoms with Crippen LogP contribution in [0.25, 0.3) is 0 Å². The van der Waals surface area contributed by atoms with E-state index in [1.54, 1.807) is 12.1 Å². The summed E-state index contributed by atoms with van der Waals surface area (Å²) < 4.78 is 18.9. The van der Waals surface area contributed by atoms with Crippen molar-refractivity contribution in [2.75, 3.05) is 25.1 Å². The van der Waals surface area contributed by atoms with Gasteiger partial charge in [0.15, 0.2) is 11.6 Å². The topological polar surface area (TPSA) is 24.5 Å². The standard InChI is InChI=1S/C16H25FN2O/c1-5-12-10-18-16(3,6-2)11-19(12)13-7-8-15(20-4)14(17)9-13/h7-9,12,18H,5-6,10-11H2,1-4H3. The maximum atomic E-state index is 13.9. The molecular weight excluding hydrogens is 255 g/mol. The van der Waals surface area contributed by atoms with Gasteiger partial charge in [-0.2, -0.15) is 0 Å². The minimum atomic E-state index is -0.295. The molecule has 1 N–H and O–H groups in total. The molecule has 0 amide bonds. The molecule has 1 aliphatic heterocycles. The van der Waals surface area contributed by atoms with Gasteiger partial charge in [0.05, 0.1) is 7.11 Å². The van der Waals surface area contributed by atoms with E-state index in [0.717, 1.165) is 31.6 Å². The number of ether oxygens (including phenoxy) is 1. The maximum absolute atomic E-state index is 13.9. The smallest absolute Gasteiger partial charge is 0.167 e. The molecule has 3 nitrogen and oxygen atoms in total. The van der Waals surface area contributed by atoms with Crippen LogP contribution in [0, 0.1) is 5.82 Å². The van der Waals surface area contributed by atoms with Crippen molar-refractivity contribution in [3.05, 3.63) is 24.0 Å². The number of anilines is 1. The first-order chi connectivity index (χ1) is 9.53. The number of hydrogen-bond donors (Lipinski definition) is 1. The van der Waals surface area contributed by atoms with Gasteiger partial charge in [-0.15, -0.1) is 0 Å². The highest BCUT2D eigenvalue weighted by molar-refractivity contribution is 5.51. The summed E-state index contributed by atoms with van der Waals surface area (Å²) in [5.74, 6) is 0.00627. The Hall–Kier alpha value is -1.29. The largest absolute Gasteiger partial charge is 0.494 e. The molecule has 1 aliphatic rings. The Labute approximate surface area is 121 Å². The fourth-order valence-corrected chi connectivity index (χ4v) is 2.77. The Kier molecular flexibility index (Phi) is 4.53. The van der Waals surface area contributed by atoms with Crippen LogP contribution in [0.5, 0.6) is 5.75 Å². The number of rotatable bonds is 4. The van der Waals surface area contributed by atoms with E-state index in [4.69, 9.17) is 4.74 Å². The number of methoxy groups -OCH3 is 1. The second kappa shape index (κ2) is 6.00. The minimum absolute atomic E-state index is 0.0854. The molecule has 1 aromatic rings. The highest BCUT2D eigenvalue weighted by atomic mass is 19.1. The molecule has 0 radical (unpaired) electrons. The van der Waals surface area contributed by atoms with Crippen molar-refractivity contribution in [1.82, 2.24) is 5.32 Å². The van der Waals surface area contributed by atoms with E-state index in [1.807, 2.05) is 6.07 Å². The zero-order chi connectivity index (χ0) is 14.8. The molecule has 1 aromatic carbocycles. The second-order valence-corrected chi connectivity index (χ2v) is 5.80. The lowest BCUT2D eigenvalue weighted by molar-refractivity contribution is 0.276. The van der Waals surface area contributed by atoms with Crippen LogP contribution in [-0.4, -0.2) is 31.8 Å². The summed E-state index contributed by atoms with van der Waals surface area (Å²) in [5.41, 5.74) is 1.03. The first-order valence-corrected chi connectivity index (χ1v) is 7.38. The van der Waals surface area contributed by atoms with Crippen molar-refractivity contribution < 1.29 is 9.13 Å². The molecule has 0 saturated carbocycles. The molecule has 4 heteroatoms. The maximum Gasteiger partial charge on any atom is 0.167 e. The summed E-state index contributed by atoms with van der Waals surface area (Å²) in [7, 11) is 1.49. The predicted molar refractivity (Wildman–Crippen MR) is 81.1 cm³/mol. The summed E-state index contributed by atoms with van der Waals surface area (Å²) in [5, 5.41) is 3.62. The molecule has 2 rings (SSSR count). The van der Waals surface area contributed by atoms with Gasteiger partial charge in [0.25, 0.3) is 0 Å². The van der Waals surface area contributed by atoms with Gasteiger partial charge in [-0.25, -0.2) is 4.39 Å². The third-order valence-electron chi connectivity index (χ3n) is 4.44. The lowest BCUT2D eigenvalue weighted by atomic mass is 9.92. The van der Waals surface area contributed by atoms with E-state index < -0.39 is 0 Å². The van der Waals surface area contributed by atoms with Crippen molar-refractivity contribution in [1.29, 1.82) is 0 Å². The molecule has 0 aliphatic carbocycles. The monoisotopic (exact) mass is 280 g/mol. The molecule has 20 heavy (non-hydrogen) atoms. The molecule has 1 heterocycles. The van der Waals surface area contributed by atoms with Gasteiger partial charge in [-0.3, -0.25) is 0 Å².